The minimum atomic E-state index is -2.64. The number of nitrogens with one attached hydrogen (secondary N) is 1. The second-order valence-corrected chi connectivity index (χ2v) is 4.87. The first-order chi connectivity index (χ1) is 8.08. The third-order valence-electron chi connectivity index (χ3n) is 3.78. The number of aromatic nitrogens is 2. The third-order valence-corrected chi connectivity index (χ3v) is 3.78. The van der Waals surface area contributed by atoms with Crippen molar-refractivity contribution in [2.24, 2.45) is 5.92 Å². The maximum Gasteiger partial charge on any atom is 0.303 e. The highest BCUT2D eigenvalue weighted by Gasteiger charge is 2.49. The number of rotatable bonds is 3. The molecular weight excluding hydrogens is 230 g/mol. The number of nitrogens with zero attached hydrogens (tertiary/aromatic N) is 1. The molecule has 3 rings (SSSR count). The van der Waals surface area contributed by atoms with E-state index in [4.69, 9.17) is 5.11 Å². The maximum atomic E-state index is 12.8. The molecule has 0 radical (unpaired) electrons. The van der Waals surface area contributed by atoms with Crippen LogP contribution in [0.3, 0.4) is 0 Å². The molecule has 92 valence electrons. The van der Waals surface area contributed by atoms with Crippen LogP contribution in [0.4, 0.5) is 8.78 Å². The molecule has 1 aromatic rings. The summed E-state index contributed by atoms with van der Waals surface area (Å²) in [7, 11) is 0. The SMILES string of the molecule is O=C(O)CC1CC2CC2c2[nH]nc(C(F)F)c21. The normalized spacial score (nSPS) is 29.9. The first kappa shape index (κ1) is 10.7. The van der Waals surface area contributed by atoms with Gasteiger partial charge in [-0.1, -0.05) is 0 Å². The second-order valence-electron chi connectivity index (χ2n) is 4.87. The molecule has 1 aromatic heterocycles. The summed E-state index contributed by atoms with van der Waals surface area (Å²) >= 11 is 0. The quantitative estimate of drug-likeness (QED) is 0.855. The number of halogens is 2. The average Bonchev–Trinajstić information content (AvgIpc) is 2.87. The summed E-state index contributed by atoms with van der Waals surface area (Å²) in [6, 6.07) is 0. The van der Waals surface area contributed by atoms with Gasteiger partial charge in [-0.2, -0.15) is 5.10 Å². The summed E-state index contributed by atoms with van der Waals surface area (Å²) in [5, 5.41) is 15.2. The number of hydrogen-bond donors (Lipinski definition) is 2. The fraction of sp³-hybridized carbons (Fsp3) is 0.636. The van der Waals surface area contributed by atoms with Crippen LogP contribution in [0.15, 0.2) is 0 Å². The molecule has 0 aromatic carbocycles. The molecule has 2 aliphatic rings. The van der Waals surface area contributed by atoms with Crippen molar-refractivity contribution in [2.45, 2.75) is 37.5 Å². The van der Waals surface area contributed by atoms with Crippen LogP contribution in [0.5, 0.6) is 0 Å². The molecule has 17 heavy (non-hydrogen) atoms. The van der Waals surface area contributed by atoms with Crippen LogP contribution in [0.25, 0.3) is 0 Å². The molecule has 3 unspecified atom stereocenters. The van der Waals surface area contributed by atoms with Crippen LogP contribution in [0.2, 0.25) is 0 Å². The molecule has 1 heterocycles. The van der Waals surface area contributed by atoms with Gasteiger partial charge in [-0.15, -0.1) is 0 Å². The lowest BCUT2D eigenvalue weighted by atomic mass is 9.83. The lowest BCUT2D eigenvalue weighted by molar-refractivity contribution is -0.137. The highest BCUT2D eigenvalue weighted by Crippen LogP contribution is 2.59. The number of aromatic amines is 1. The second kappa shape index (κ2) is 3.51. The van der Waals surface area contributed by atoms with E-state index in [2.05, 4.69) is 10.2 Å². The Balaban J connectivity index is 2.01. The highest BCUT2D eigenvalue weighted by molar-refractivity contribution is 5.68. The summed E-state index contributed by atoms with van der Waals surface area (Å²) in [5.74, 6) is -0.497. The van der Waals surface area contributed by atoms with E-state index >= 15 is 0 Å². The zero-order valence-electron chi connectivity index (χ0n) is 8.99. The van der Waals surface area contributed by atoms with Crippen LogP contribution in [-0.4, -0.2) is 21.3 Å². The van der Waals surface area contributed by atoms with Gasteiger partial charge >= 0.3 is 5.97 Å². The van der Waals surface area contributed by atoms with Gasteiger partial charge in [0.2, 0.25) is 0 Å². The van der Waals surface area contributed by atoms with Crippen molar-refractivity contribution in [1.82, 2.24) is 10.2 Å². The Kier molecular flexibility index (Phi) is 2.21. The van der Waals surface area contributed by atoms with E-state index in [0.717, 1.165) is 12.1 Å². The Hall–Kier alpha value is -1.46. The van der Waals surface area contributed by atoms with Gasteiger partial charge in [-0.05, 0) is 24.7 Å². The molecule has 0 saturated heterocycles. The highest BCUT2D eigenvalue weighted by atomic mass is 19.3. The number of alkyl halides is 2. The Morgan fingerprint density at radius 3 is 2.94 bits per heavy atom. The van der Waals surface area contributed by atoms with Gasteiger partial charge in [-0.3, -0.25) is 9.89 Å². The van der Waals surface area contributed by atoms with Crippen molar-refractivity contribution in [3.05, 3.63) is 17.0 Å². The zero-order valence-corrected chi connectivity index (χ0v) is 8.99. The fourth-order valence-electron chi connectivity index (χ4n) is 3.00. The van der Waals surface area contributed by atoms with E-state index in [9.17, 15) is 13.6 Å². The van der Waals surface area contributed by atoms with Crippen molar-refractivity contribution in [1.29, 1.82) is 0 Å². The first-order valence-corrected chi connectivity index (χ1v) is 5.66. The lowest BCUT2D eigenvalue weighted by Gasteiger charge is -2.21. The van der Waals surface area contributed by atoms with E-state index in [1.165, 1.54) is 0 Å². The van der Waals surface area contributed by atoms with Gasteiger partial charge in [0.15, 0.2) is 0 Å². The van der Waals surface area contributed by atoms with Crippen LogP contribution in [0, 0.1) is 5.92 Å². The lowest BCUT2D eigenvalue weighted by Crippen LogP contribution is -2.14. The molecule has 1 saturated carbocycles. The van der Waals surface area contributed by atoms with E-state index in [1.54, 1.807) is 0 Å². The number of aliphatic carboxylic acids is 1. The van der Waals surface area contributed by atoms with Gasteiger partial charge < -0.3 is 5.11 Å². The number of carbonyl (C=O) groups is 1. The Morgan fingerprint density at radius 1 is 1.53 bits per heavy atom. The number of hydrogen-bond acceptors (Lipinski definition) is 2. The average molecular weight is 242 g/mol. The van der Waals surface area contributed by atoms with Crippen molar-refractivity contribution < 1.29 is 18.7 Å². The van der Waals surface area contributed by atoms with Gasteiger partial charge in [0, 0.05) is 17.2 Å². The van der Waals surface area contributed by atoms with Crippen LogP contribution in [0.1, 0.15) is 54.5 Å². The van der Waals surface area contributed by atoms with Crippen molar-refractivity contribution >= 4 is 5.97 Å². The largest absolute Gasteiger partial charge is 0.481 e. The zero-order chi connectivity index (χ0) is 12.2. The van der Waals surface area contributed by atoms with Crippen LogP contribution >= 0.6 is 0 Å². The minimum Gasteiger partial charge on any atom is -0.481 e. The number of H-pyrrole nitrogens is 1. The molecule has 2 aliphatic carbocycles. The molecule has 0 spiro atoms. The molecule has 0 bridgehead atoms. The minimum absolute atomic E-state index is 0.0878. The first-order valence-electron chi connectivity index (χ1n) is 5.66. The van der Waals surface area contributed by atoms with E-state index in [0.29, 0.717) is 23.8 Å². The third kappa shape index (κ3) is 1.62. The summed E-state index contributed by atoms with van der Waals surface area (Å²) in [4.78, 5) is 10.8. The van der Waals surface area contributed by atoms with Crippen molar-refractivity contribution in [3.63, 3.8) is 0 Å². The van der Waals surface area contributed by atoms with Gasteiger partial charge in [-0.25, -0.2) is 8.78 Å². The Morgan fingerprint density at radius 2 is 2.29 bits per heavy atom. The van der Waals surface area contributed by atoms with Gasteiger partial charge in [0.25, 0.3) is 6.43 Å². The number of carboxylic acid groups (broad SMARTS) is 1. The van der Waals surface area contributed by atoms with E-state index < -0.39 is 12.4 Å². The predicted octanol–water partition coefficient (Wildman–Crippen LogP) is 2.41. The Labute approximate surface area is 96.0 Å². The number of fused-ring (bicyclic) bond motifs is 3. The van der Waals surface area contributed by atoms with Crippen molar-refractivity contribution in [3.8, 4) is 0 Å². The smallest absolute Gasteiger partial charge is 0.303 e. The molecule has 0 aliphatic heterocycles. The van der Waals surface area contributed by atoms with Gasteiger partial charge in [0.05, 0.1) is 6.42 Å². The maximum absolute atomic E-state index is 12.8. The summed E-state index contributed by atoms with van der Waals surface area (Å²) in [6.07, 6.45) is -1.06. The van der Waals surface area contributed by atoms with Crippen LogP contribution < -0.4 is 0 Å². The standard InChI is InChI=1S/C11H12F2N2O2/c12-11(13)10-8-5(3-7(16)17)1-4-2-6(4)9(8)14-15-10/h4-6,11H,1-3H2,(H,14,15)(H,16,17). The molecule has 4 nitrogen and oxygen atoms in total. The molecule has 0 amide bonds. The molecule has 6 heteroatoms. The fourth-order valence-corrected chi connectivity index (χ4v) is 3.00. The molecular formula is C11H12F2N2O2. The predicted molar refractivity (Wildman–Crippen MR) is 54.0 cm³/mol. The van der Waals surface area contributed by atoms with Crippen LogP contribution in [-0.2, 0) is 4.79 Å². The Bertz CT molecular complexity index is 459. The summed E-state index contributed by atoms with van der Waals surface area (Å²) < 4.78 is 25.6. The monoisotopic (exact) mass is 242 g/mol. The molecule has 3 atom stereocenters. The summed E-state index contributed by atoms with van der Waals surface area (Å²) in [5.41, 5.74) is 0.973. The van der Waals surface area contributed by atoms with Crippen molar-refractivity contribution in [2.75, 3.05) is 0 Å². The van der Waals surface area contributed by atoms with E-state index in [-0.39, 0.29) is 18.0 Å². The molecule has 1 fully saturated rings. The van der Waals surface area contributed by atoms with E-state index in [1.807, 2.05) is 0 Å². The molecule has 2 N–H and O–H groups in total. The summed E-state index contributed by atoms with van der Waals surface area (Å²) in [6.45, 7) is 0. The topological polar surface area (TPSA) is 66.0 Å². The van der Waals surface area contributed by atoms with Gasteiger partial charge in [0.1, 0.15) is 5.69 Å². The number of carboxylic acids is 1.